The Balaban J connectivity index is 1.66. The van der Waals surface area contributed by atoms with E-state index in [0.717, 1.165) is 12.8 Å². The molecule has 0 radical (unpaired) electrons. The van der Waals surface area contributed by atoms with Gasteiger partial charge in [-0.25, -0.2) is 14.2 Å². The van der Waals surface area contributed by atoms with E-state index in [1.807, 2.05) is 0 Å². The minimum atomic E-state index is -0.648. The van der Waals surface area contributed by atoms with Crippen LogP contribution in [-0.4, -0.2) is 33.5 Å². The lowest BCUT2D eigenvalue weighted by atomic mass is 10.1. The number of nitriles is 1. The summed E-state index contributed by atoms with van der Waals surface area (Å²) in [6, 6.07) is 9.44. The van der Waals surface area contributed by atoms with Gasteiger partial charge < -0.3 is 15.0 Å². The number of pyridine rings is 1. The number of ether oxygens (including phenoxy) is 1. The minimum Gasteiger partial charge on any atom is -0.443 e. The number of aromatic nitrogens is 1. The number of carbonyl (C=O) groups is 2. The Labute approximate surface area is 196 Å². The van der Waals surface area contributed by atoms with Gasteiger partial charge >= 0.3 is 6.09 Å². The maximum atomic E-state index is 14.2. The average molecular weight is 461 g/mol. The van der Waals surface area contributed by atoms with Gasteiger partial charge in [0.2, 0.25) is 0 Å². The van der Waals surface area contributed by atoms with Gasteiger partial charge in [0.1, 0.15) is 23.3 Å². The maximum absolute atomic E-state index is 14.2. The summed E-state index contributed by atoms with van der Waals surface area (Å²) in [5.41, 5.74) is 0.527. The van der Waals surface area contributed by atoms with Gasteiger partial charge in [-0.1, -0.05) is 6.07 Å². The first-order valence-electron chi connectivity index (χ1n) is 10.8. The molecule has 9 heteroatoms. The molecule has 1 aromatic heterocycles. The second-order valence-corrected chi connectivity index (χ2v) is 9.01. The summed E-state index contributed by atoms with van der Waals surface area (Å²) < 4.78 is 19.6. The van der Waals surface area contributed by atoms with Crippen LogP contribution in [0.3, 0.4) is 0 Å². The van der Waals surface area contributed by atoms with Crippen molar-refractivity contribution in [1.29, 1.82) is 5.26 Å². The van der Waals surface area contributed by atoms with E-state index in [9.17, 15) is 14.0 Å². The molecule has 2 amide bonds. The summed E-state index contributed by atoms with van der Waals surface area (Å²) in [4.78, 5) is 32.7. The van der Waals surface area contributed by atoms with Crippen molar-refractivity contribution in [2.45, 2.75) is 45.3 Å². The Morgan fingerprint density at radius 1 is 1.15 bits per heavy atom. The van der Waals surface area contributed by atoms with Gasteiger partial charge in [0.25, 0.3) is 5.91 Å². The quantitative estimate of drug-likeness (QED) is 0.712. The molecule has 0 saturated heterocycles. The monoisotopic (exact) mass is 461 g/mol. The van der Waals surface area contributed by atoms with Gasteiger partial charge in [-0.2, -0.15) is 5.26 Å². The molecule has 1 aromatic carbocycles. The Bertz CT molecular complexity index is 1220. The molecule has 0 unspecified atom stereocenters. The number of nitrogens with one attached hydrogen (secondary N) is 1. The molecule has 1 saturated carbocycles. The predicted molar refractivity (Wildman–Crippen MR) is 124 cm³/mol. The van der Waals surface area contributed by atoms with Crippen LogP contribution < -0.4 is 10.2 Å². The summed E-state index contributed by atoms with van der Waals surface area (Å²) in [5, 5.41) is 11.9. The highest BCUT2D eigenvalue weighted by Gasteiger charge is 2.27. The molecule has 0 spiro atoms. The largest absolute Gasteiger partial charge is 0.443 e. The molecule has 1 aliphatic heterocycles. The van der Waals surface area contributed by atoms with Crippen LogP contribution in [0.2, 0.25) is 0 Å². The van der Waals surface area contributed by atoms with Crippen molar-refractivity contribution in [3.8, 4) is 17.3 Å². The van der Waals surface area contributed by atoms with Gasteiger partial charge in [0, 0.05) is 36.4 Å². The summed E-state index contributed by atoms with van der Waals surface area (Å²) in [6.07, 6.45) is 7.52. The molecule has 8 nitrogen and oxygen atoms in total. The third kappa shape index (κ3) is 5.23. The van der Waals surface area contributed by atoms with Gasteiger partial charge in [-0.3, -0.25) is 9.69 Å². The van der Waals surface area contributed by atoms with Crippen LogP contribution in [0.5, 0.6) is 0 Å². The van der Waals surface area contributed by atoms with Crippen molar-refractivity contribution in [1.82, 2.24) is 15.2 Å². The third-order valence-electron chi connectivity index (χ3n) is 5.04. The fourth-order valence-corrected chi connectivity index (χ4v) is 3.20. The van der Waals surface area contributed by atoms with Crippen molar-refractivity contribution in [2.24, 2.45) is 0 Å². The first kappa shape index (κ1) is 23.0. The molecule has 2 aromatic rings. The smallest absolute Gasteiger partial charge is 0.418 e. The molecule has 0 atom stereocenters. The number of carbonyl (C=O) groups excluding carboxylic acids is 2. The number of anilines is 1. The zero-order chi connectivity index (χ0) is 24.5. The fraction of sp³-hybridized carbons (Fsp3) is 0.280. The van der Waals surface area contributed by atoms with Gasteiger partial charge in [-0.15, -0.1) is 0 Å². The van der Waals surface area contributed by atoms with E-state index >= 15 is 0 Å². The molecule has 1 N–H and O–H groups in total. The standard InChI is InChI=1S/C25H24FN5O3/c1-25(2,3)34-24(33)31-12-10-30(11-13-31)22-19(23(32)28-18-6-7-18)8-9-21(29-22)16-4-5-17(15-27)20(26)14-16/h4-5,8-14,18H,6-7H2,1-3H3,(H,28,32). The summed E-state index contributed by atoms with van der Waals surface area (Å²) in [6.45, 7) is 5.34. The second kappa shape index (κ2) is 8.98. The third-order valence-corrected chi connectivity index (χ3v) is 5.04. The van der Waals surface area contributed by atoms with Crippen LogP contribution in [0, 0.1) is 17.1 Å². The molecular weight excluding hydrogens is 437 g/mol. The summed E-state index contributed by atoms with van der Waals surface area (Å²) in [7, 11) is 0. The van der Waals surface area contributed by atoms with Crippen molar-refractivity contribution in [3.05, 3.63) is 72.1 Å². The number of halogens is 1. The van der Waals surface area contributed by atoms with E-state index in [-0.39, 0.29) is 17.5 Å². The lowest BCUT2D eigenvalue weighted by Gasteiger charge is -2.27. The zero-order valence-corrected chi connectivity index (χ0v) is 19.1. The van der Waals surface area contributed by atoms with Crippen molar-refractivity contribution < 1.29 is 18.7 Å². The summed E-state index contributed by atoms with van der Waals surface area (Å²) in [5.74, 6) is -0.597. The zero-order valence-electron chi connectivity index (χ0n) is 19.1. The molecular formula is C25H24FN5O3. The topological polar surface area (TPSA) is 98.6 Å². The Hall–Kier alpha value is -4.19. The van der Waals surface area contributed by atoms with E-state index in [4.69, 9.17) is 10.00 Å². The number of benzene rings is 1. The number of nitrogens with zero attached hydrogens (tertiary/aromatic N) is 4. The highest BCUT2D eigenvalue weighted by atomic mass is 19.1. The fourth-order valence-electron chi connectivity index (χ4n) is 3.20. The second-order valence-electron chi connectivity index (χ2n) is 9.01. The Morgan fingerprint density at radius 3 is 2.44 bits per heavy atom. The molecule has 34 heavy (non-hydrogen) atoms. The average Bonchev–Trinajstić information content (AvgIpc) is 3.61. The molecule has 2 aliphatic rings. The highest BCUT2D eigenvalue weighted by Crippen LogP contribution is 2.29. The summed E-state index contributed by atoms with van der Waals surface area (Å²) >= 11 is 0. The molecule has 0 bridgehead atoms. The number of rotatable bonds is 4. The van der Waals surface area contributed by atoms with Crippen LogP contribution in [0.25, 0.3) is 11.3 Å². The first-order valence-corrected chi connectivity index (χ1v) is 10.8. The van der Waals surface area contributed by atoms with E-state index in [1.165, 1.54) is 29.4 Å². The van der Waals surface area contributed by atoms with E-state index in [0.29, 0.717) is 22.6 Å². The van der Waals surface area contributed by atoms with Crippen molar-refractivity contribution in [3.63, 3.8) is 0 Å². The molecule has 1 aliphatic carbocycles. The van der Waals surface area contributed by atoms with E-state index in [2.05, 4.69) is 10.3 Å². The van der Waals surface area contributed by atoms with Crippen LogP contribution in [0.15, 0.2) is 55.1 Å². The van der Waals surface area contributed by atoms with E-state index < -0.39 is 17.5 Å². The molecule has 174 valence electrons. The maximum Gasteiger partial charge on any atom is 0.418 e. The molecule has 1 fully saturated rings. The minimum absolute atomic E-state index is 0.0615. The van der Waals surface area contributed by atoms with Crippen LogP contribution in [-0.2, 0) is 4.74 Å². The predicted octanol–water partition coefficient (Wildman–Crippen LogP) is 4.65. The Kier molecular flexibility index (Phi) is 6.07. The first-order chi connectivity index (χ1) is 16.1. The van der Waals surface area contributed by atoms with Gasteiger partial charge in [0.15, 0.2) is 0 Å². The lowest BCUT2D eigenvalue weighted by Crippen LogP contribution is -2.33. The van der Waals surface area contributed by atoms with Crippen LogP contribution >= 0.6 is 0 Å². The highest BCUT2D eigenvalue weighted by molar-refractivity contribution is 6.00. The number of hydrogen-bond acceptors (Lipinski definition) is 6. The molecule has 2 heterocycles. The Morgan fingerprint density at radius 2 is 1.85 bits per heavy atom. The van der Waals surface area contributed by atoms with Crippen molar-refractivity contribution >= 4 is 17.8 Å². The molecule has 4 rings (SSSR count). The van der Waals surface area contributed by atoms with E-state index in [1.54, 1.807) is 62.3 Å². The van der Waals surface area contributed by atoms with Gasteiger partial charge in [0.05, 0.1) is 16.8 Å². The van der Waals surface area contributed by atoms with Crippen LogP contribution in [0.1, 0.15) is 49.5 Å². The lowest BCUT2D eigenvalue weighted by molar-refractivity contribution is 0.0397. The number of amides is 2. The van der Waals surface area contributed by atoms with Crippen LogP contribution in [0.4, 0.5) is 15.0 Å². The number of hydrogen-bond donors (Lipinski definition) is 1. The van der Waals surface area contributed by atoms with Gasteiger partial charge in [-0.05, 0) is 57.9 Å². The normalized spacial score (nSPS) is 15.1. The van der Waals surface area contributed by atoms with Crippen molar-refractivity contribution in [2.75, 3.05) is 4.90 Å². The SMILES string of the molecule is CC(C)(C)OC(=O)N1C=CN(c2nc(-c3ccc(C#N)c(F)c3)ccc2C(=O)NC2CC2)C=C1.